The molecule has 2 aromatic carbocycles. The Morgan fingerprint density at radius 1 is 1.24 bits per heavy atom. The number of aromatic hydroxyl groups is 1. The number of thiocarbonyl (C=S) groups is 1. The van der Waals surface area contributed by atoms with Crippen molar-refractivity contribution < 1.29 is 19.4 Å². The number of thioether (sulfide) groups is 1. The Morgan fingerprint density at radius 3 is 2.52 bits per heavy atom. The average Bonchev–Trinajstić information content (AvgIpc) is 2.98. The van der Waals surface area contributed by atoms with Gasteiger partial charge in [0, 0.05) is 5.69 Å². The number of phenolic OH excluding ortho intramolecular Hbond substituents is 1. The molecule has 2 N–H and O–H groups in total. The molecule has 0 bridgehead atoms. The molecule has 0 aliphatic carbocycles. The Labute approximate surface area is 178 Å². The highest BCUT2D eigenvalue weighted by Gasteiger charge is 2.38. The van der Waals surface area contributed by atoms with Crippen LogP contribution < -0.4 is 10.1 Å². The molecule has 29 heavy (non-hydrogen) atoms. The first-order valence-corrected chi connectivity index (χ1v) is 10.2. The molecule has 150 valence electrons. The second-order valence-electron chi connectivity index (χ2n) is 6.27. The lowest BCUT2D eigenvalue weighted by molar-refractivity contribution is -0.129. The van der Waals surface area contributed by atoms with Crippen LogP contribution in [-0.4, -0.2) is 38.8 Å². The van der Waals surface area contributed by atoms with Gasteiger partial charge in [0.2, 0.25) is 5.91 Å². The number of amides is 2. The van der Waals surface area contributed by atoms with Crippen LogP contribution in [0.5, 0.6) is 11.5 Å². The van der Waals surface area contributed by atoms with E-state index in [4.69, 9.17) is 17.0 Å². The highest BCUT2D eigenvalue weighted by molar-refractivity contribution is 8.26. The van der Waals surface area contributed by atoms with Gasteiger partial charge in [0.15, 0.2) is 0 Å². The molecule has 2 aromatic rings. The average molecular weight is 429 g/mol. The maximum atomic E-state index is 12.8. The van der Waals surface area contributed by atoms with Crippen LogP contribution in [0.1, 0.15) is 19.4 Å². The Balaban J connectivity index is 1.70. The fourth-order valence-electron chi connectivity index (χ4n) is 2.70. The summed E-state index contributed by atoms with van der Waals surface area (Å²) in [5.41, 5.74) is 1.37. The summed E-state index contributed by atoms with van der Waals surface area (Å²) in [4.78, 5) is 27.2. The summed E-state index contributed by atoms with van der Waals surface area (Å²) in [6.45, 7) is 4.10. The summed E-state index contributed by atoms with van der Waals surface area (Å²) in [5.74, 6) is 0.211. The zero-order valence-electron chi connectivity index (χ0n) is 15.9. The second-order valence-corrected chi connectivity index (χ2v) is 7.94. The minimum atomic E-state index is -0.764. The van der Waals surface area contributed by atoms with E-state index in [1.54, 1.807) is 61.5 Å². The van der Waals surface area contributed by atoms with Gasteiger partial charge >= 0.3 is 0 Å². The lowest BCUT2D eigenvalue weighted by Crippen LogP contribution is -2.44. The smallest absolute Gasteiger partial charge is 0.266 e. The first kappa shape index (κ1) is 20.9. The van der Waals surface area contributed by atoms with Gasteiger partial charge in [0.05, 0.1) is 11.5 Å². The van der Waals surface area contributed by atoms with Crippen LogP contribution in [0.25, 0.3) is 6.08 Å². The molecule has 0 aromatic heterocycles. The predicted octanol–water partition coefficient (Wildman–Crippen LogP) is 4.02. The van der Waals surface area contributed by atoms with Gasteiger partial charge in [0.25, 0.3) is 5.91 Å². The fourth-order valence-corrected chi connectivity index (χ4v) is 4.12. The highest BCUT2D eigenvalue weighted by Crippen LogP contribution is 2.34. The summed E-state index contributed by atoms with van der Waals surface area (Å²) in [5, 5.41) is 12.2. The molecule has 1 atom stereocenters. The van der Waals surface area contributed by atoms with E-state index in [1.807, 2.05) is 6.92 Å². The van der Waals surface area contributed by atoms with Gasteiger partial charge in [-0.2, -0.15) is 0 Å². The van der Waals surface area contributed by atoms with Crippen molar-refractivity contribution >= 4 is 51.9 Å². The number of rotatable bonds is 6. The Kier molecular flexibility index (Phi) is 6.56. The van der Waals surface area contributed by atoms with E-state index in [0.717, 1.165) is 23.1 Å². The van der Waals surface area contributed by atoms with Crippen molar-refractivity contribution in [1.82, 2.24) is 4.90 Å². The molecule has 1 heterocycles. The Morgan fingerprint density at radius 2 is 1.90 bits per heavy atom. The molecular formula is C21H20N2O4S2. The minimum absolute atomic E-state index is 0.147. The molecule has 1 unspecified atom stereocenters. The van der Waals surface area contributed by atoms with Crippen LogP contribution in [0.3, 0.4) is 0 Å². The largest absolute Gasteiger partial charge is 0.508 e. The number of carbonyl (C=O) groups excluding carboxylic acids is 2. The molecule has 1 aliphatic heterocycles. The van der Waals surface area contributed by atoms with Crippen molar-refractivity contribution in [2.24, 2.45) is 0 Å². The van der Waals surface area contributed by atoms with Crippen molar-refractivity contribution in [1.29, 1.82) is 0 Å². The van der Waals surface area contributed by atoms with Crippen LogP contribution in [-0.2, 0) is 9.59 Å². The lowest BCUT2D eigenvalue weighted by atomic mass is 10.2. The van der Waals surface area contributed by atoms with Gasteiger partial charge in [-0.05, 0) is 61.9 Å². The molecular weight excluding hydrogens is 408 g/mol. The Hall–Kier alpha value is -2.84. The molecule has 0 radical (unpaired) electrons. The number of nitrogens with one attached hydrogen (secondary N) is 1. The Bertz CT molecular complexity index is 956. The monoisotopic (exact) mass is 428 g/mol. The summed E-state index contributed by atoms with van der Waals surface area (Å²) >= 11 is 6.48. The minimum Gasteiger partial charge on any atom is -0.508 e. The molecule has 3 rings (SSSR count). The summed E-state index contributed by atoms with van der Waals surface area (Å²) < 4.78 is 5.71. The zero-order valence-corrected chi connectivity index (χ0v) is 17.5. The van der Waals surface area contributed by atoms with Gasteiger partial charge in [-0.1, -0.05) is 36.1 Å². The van der Waals surface area contributed by atoms with E-state index in [2.05, 4.69) is 5.32 Å². The van der Waals surface area contributed by atoms with Crippen molar-refractivity contribution in [2.45, 2.75) is 19.9 Å². The summed E-state index contributed by atoms with van der Waals surface area (Å²) in [7, 11) is 0. The number of hydrogen-bond donors (Lipinski definition) is 2. The van der Waals surface area contributed by atoms with Crippen LogP contribution in [0, 0.1) is 0 Å². The molecule has 1 saturated heterocycles. The molecule has 1 fully saturated rings. The maximum Gasteiger partial charge on any atom is 0.266 e. The number of hydrogen-bond acceptors (Lipinski definition) is 6. The molecule has 1 aliphatic rings. The first-order chi connectivity index (χ1) is 13.9. The molecule has 0 spiro atoms. The number of benzene rings is 2. The van der Waals surface area contributed by atoms with Gasteiger partial charge in [-0.25, -0.2) is 0 Å². The number of carbonyl (C=O) groups is 2. The van der Waals surface area contributed by atoms with E-state index in [0.29, 0.717) is 21.5 Å². The second kappa shape index (κ2) is 9.11. The third-order valence-corrected chi connectivity index (χ3v) is 5.54. The number of phenols is 1. The molecule has 6 nitrogen and oxygen atoms in total. The lowest BCUT2D eigenvalue weighted by Gasteiger charge is -2.22. The standard InChI is InChI=1S/C21H20N2O4S2/c1-3-27-17-10-6-15(7-11-17)22-19(25)13(2)23-20(26)18(29-21(23)28)12-14-4-8-16(24)9-5-14/h4-13,24H,3H2,1-2H3,(H,22,25)/b18-12-. The topological polar surface area (TPSA) is 78.9 Å². The van der Waals surface area contributed by atoms with Gasteiger partial charge < -0.3 is 15.2 Å². The van der Waals surface area contributed by atoms with Crippen LogP contribution in [0.2, 0.25) is 0 Å². The van der Waals surface area contributed by atoms with Gasteiger partial charge in [-0.15, -0.1) is 0 Å². The van der Waals surface area contributed by atoms with Gasteiger partial charge in [-0.3, -0.25) is 14.5 Å². The fraction of sp³-hybridized carbons (Fsp3) is 0.190. The van der Waals surface area contributed by atoms with Crippen molar-refractivity contribution in [3.05, 3.63) is 59.0 Å². The zero-order chi connectivity index (χ0) is 21.0. The van der Waals surface area contributed by atoms with Crippen LogP contribution in [0.15, 0.2) is 53.4 Å². The molecule has 0 saturated carbocycles. The van der Waals surface area contributed by atoms with Crippen molar-refractivity contribution in [2.75, 3.05) is 11.9 Å². The predicted molar refractivity (Wildman–Crippen MR) is 119 cm³/mol. The quantitative estimate of drug-likeness (QED) is 0.535. The molecule has 2 amide bonds. The highest BCUT2D eigenvalue weighted by atomic mass is 32.2. The summed E-state index contributed by atoms with van der Waals surface area (Å²) in [6.07, 6.45) is 1.69. The third-order valence-electron chi connectivity index (χ3n) is 4.21. The van der Waals surface area contributed by atoms with Crippen LogP contribution in [0.4, 0.5) is 5.69 Å². The third kappa shape index (κ3) is 4.96. The summed E-state index contributed by atoms with van der Waals surface area (Å²) in [6, 6.07) is 12.7. The normalized spacial score (nSPS) is 16.2. The molecule has 8 heteroatoms. The SMILES string of the molecule is CCOc1ccc(NC(=O)C(C)N2C(=O)/C(=C/c3ccc(O)cc3)SC2=S)cc1. The number of nitrogens with zero attached hydrogens (tertiary/aromatic N) is 1. The van der Waals surface area contributed by atoms with E-state index >= 15 is 0 Å². The van der Waals surface area contributed by atoms with E-state index in [-0.39, 0.29) is 17.6 Å². The van der Waals surface area contributed by atoms with E-state index in [1.165, 1.54) is 4.90 Å². The first-order valence-electron chi connectivity index (χ1n) is 8.99. The van der Waals surface area contributed by atoms with E-state index < -0.39 is 6.04 Å². The van der Waals surface area contributed by atoms with Crippen molar-refractivity contribution in [3.63, 3.8) is 0 Å². The van der Waals surface area contributed by atoms with Gasteiger partial charge in [0.1, 0.15) is 21.9 Å². The number of anilines is 1. The number of ether oxygens (including phenoxy) is 1. The van der Waals surface area contributed by atoms with Crippen molar-refractivity contribution in [3.8, 4) is 11.5 Å². The van der Waals surface area contributed by atoms with Crippen LogP contribution >= 0.6 is 24.0 Å². The van der Waals surface area contributed by atoms with E-state index in [9.17, 15) is 14.7 Å². The maximum absolute atomic E-state index is 12.8.